The van der Waals surface area contributed by atoms with E-state index < -0.39 is 23.8 Å². The van der Waals surface area contributed by atoms with Crippen LogP contribution < -0.4 is 0 Å². The SMILES string of the molecule is CCOC(=O)c1c(C)[nH]c(C)c1C(=O)COC(=O)C1(c2ccccc2)CCCC1. The van der Waals surface area contributed by atoms with E-state index in [1.807, 2.05) is 30.3 Å². The molecule has 0 bridgehead atoms. The summed E-state index contributed by atoms with van der Waals surface area (Å²) >= 11 is 0. The second-order valence-electron chi connectivity index (χ2n) is 7.50. The molecule has 1 N–H and O–H groups in total. The van der Waals surface area contributed by atoms with Crippen LogP contribution >= 0.6 is 0 Å². The molecule has 1 heterocycles. The Bertz CT molecular complexity index is 907. The van der Waals surface area contributed by atoms with Crippen molar-refractivity contribution in [3.05, 3.63) is 58.4 Å². The number of benzene rings is 1. The van der Waals surface area contributed by atoms with Gasteiger partial charge in [-0.15, -0.1) is 0 Å². The van der Waals surface area contributed by atoms with Gasteiger partial charge in [-0.05, 0) is 39.2 Å². The number of Topliss-reactive ketones (excluding diaryl/α,β-unsaturated/α-hetero) is 1. The van der Waals surface area contributed by atoms with Crippen LogP contribution in [0.25, 0.3) is 0 Å². The molecular weight excluding hydrogens is 370 g/mol. The molecular formula is C23H27NO5. The second kappa shape index (κ2) is 8.64. The lowest BCUT2D eigenvalue weighted by atomic mass is 9.79. The average Bonchev–Trinajstić information content (AvgIpc) is 3.32. The molecule has 0 amide bonds. The summed E-state index contributed by atoms with van der Waals surface area (Å²) in [5.74, 6) is -1.35. The first-order valence-electron chi connectivity index (χ1n) is 10.0. The van der Waals surface area contributed by atoms with E-state index in [-0.39, 0.29) is 23.7 Å². The van der Waals surface area contributed by atoms with Crippen LogP contribution in [0.5, 0.6) is 0 Å². The first-order chi connectivity index (χ1) is 13.9. The van der Waals surface area contributed by atoms with Crippen LogP contribution in [0.15, 0.2) is 30.3 Å². The molecule has 0 unspecified atom stereocenters. The van der Waals surface area contributed by atoms with E-state index in [0.717, 1.165) is 18.4 Å². The first kappa shape index (κ1) is 20.8. The highest BCUT2D eigenvalue weighted by atomic mass is 16.5. The molecule has 3 rings (SSSR count). The summed E-state index contributed by atoms with van der Waals surface area (Å²) in [4.78, 5) is 41.2. The lowest BCUT2D eigenvalue weighted by molar-refractivity contribution is -0.149. The van der Waals surface area contributed by atoms with Gasteiger partial charge in [-0.1, -0.05) is 43.2 Å². The normalized spacial score (nSPS) is 15.1. The van der Waals surface area contributed by atoms with Crippen LogP contribution in [-0.4, -0.2) is 35.9 Å². The van der Waals surface area contributed by atoms with Crippen molar-refractivity contribution in [2.75, 3.05) is 13.2 Å². The third kappa shape index (κ3) is 3.97. The van der Waals surface area contributed by atoms with Crippen molar-refractivity contribution in [3.63, 3.8) is 0 Å². The molecule has 0 atom stereocenters. The first-order valence-corrected chi connectivity index (χ1v) is 10.0. The highest BCUT2D eigenvalue weighted by Crippen LogP contribution is 2.42. The zero-order valence-corrected chi connectivity index (χ0v) is 17.2. The Hall–Kier alpha value is -2.89. The van der Waals surface area contributed by atoms with E-state index in [2.05, 4.69) is 4.98 Å². The summed E-state index contributed by atoms with van der Waals surface area (Å²) in [6.45, 7) is 4.95. The van der Waals surface area contributed by atoms with Gasteiger partial charge in [0.25, 0.3) is 0 Å². The molecule has 1 aliphatic rings. The molecule has 1 aromatic carbocycles. The van der Waals surface area contributed by atoms with Gasteiger partial charge >= 0.3 is 11.9 Å². The number of aromatic amines is 1. The predicted octanol–water partition coefficient (Wildman–Crippen LogP) is 4.05. The highest BCUT2D eigenvalue weighted by molar-refractivity contribution is 6.09. The Labute approximate surface area is 170 Å². The van der Waals surface area contributed by atoms with E-state index in [1.165, 1.54) is 0 Å². The zero-order chi connectivity index (χ0) is 21.0. The van der Waals surface area contributed by atoms with Crippen LogP contribution in [0.2, 0.25) is 0 Å². The van der Waals surface area contributed by atoms with Crippen LogP contribution in [0.1, 0.15) is 70.3 Å². The monoisotopic (exact) mass is 397 g/mol. The van der Waals surface area contributed by atoms with Crippen molar-refractivity contribution in [2.45, 2.75) is 51.9 Å². The van der Waals surface area contributed by atoms with E-state index in [0.29, 0.717) is 24.2 Å². The molecule has 154 valence electrons. The lowest BCUT2D eigenvalue weighted by Gasteiger charge is -2.27. The summed E-state index contributed by atoms with van der Waals surface area (Å²) in [5, 5.41) is 0. The standard InChI is InChI=1S/C23H27NO5/c1-4-28-21(26)20-16(3)24-15(2)19(20)18(25)14-29-22(27)23(12-8-9-13-23)17-10-6-5-7-11-17/h5-7,10-11,24H,4,8-9,12-14H2,1-3H3. The molecule has 1 fully saturated rings. The Balaban J connectivity index is 1.79. The van der Waals surface area contributed by atoms with Crippen LogP contribution in [0.4, 0.5) is 0 Å². The zero-order valence-electron chi connectivity index (χ0n) is 17.2. The van der Waals surface area contributed by atoms with E-state index in [4.69, 9.17) is 9.47 Å². The Morgan fingerprint density at radius 3 is 2.21 bits per heavy atom. The fraction of sp³-hybridized carbons (Fsp3) is 0.435. The molecule has 1 aromatic heterocycles. The van der Waals surface area contributed by atoms with Crippen molar-refractivity contribution in [3.8, 4) is 0 Å². The fourth-order valence-electron chi connectivity index (χ4n) is 4.28. The van der Waals surface area contributed by atoms with E-state index in [9.17, 15) is 14.4 Å². The number of aryl methyl sites for hydroxylation is 2. The fourth-order valence-corrected chi connectivity index (χ4v) is 4.28. The number of rotatable bonds is 7. The van der Waals surface area contributed by atoms with Gasteiger partial charge in [-0.2, -0.15) is 0 Å². The second-order valence-corrected chi connectivity index (χ2v) is 7.50. The Morgan fingerprint density at radius 1 is 0.966 bits per heavy atom. The third-order valence-corrected chi connectivity index (χ3v) is 5.64. The summed E-state index contributed by atoms with van der Waals surface area (Å²) in [5.41, 5.74) is 1.79. The van der Waals surface area contributed by atoms with Crippen molar-refractivity contribution in [2.24, 2.45) is 0 Å². The third-order valence-electron chi connectivity index (χ3n) is 5.64. The van der Waals surface area contributed by atoms with Crippen LogP contribution in [0, 0.1) is 13.8 Å². The van der Waals surface area contributed by atoms with Crippen LogP contribution in [0.3, 0.4) is 0 Å². The van der Waals surface area contributed by atoms with Gasteiger partial charge in [0, 0.05) is 11.4 Å². The van der Waals surface area contributed by atoms with Crippen molar-refractivity contribution in [1.82, 2.24) is 4.98 Å². The number of carbonyl (C=O) groups is 3. The number of carbonyl (C=O) groups excluding carboxylic acids is 3. The largest absolute Gasteiger partial charge is 0.462 e. The molecule has 6 heteroatoms. The quantitative estimate of drug-likeness (QED) is 0.563. The van der Waals surface area contributed by atoms with Gasteiger partial charge in [0.2, 0.25) is 5.78 Å². The van der Waals surface area contributed by atoms with Crippen molar-refractivity contribution >= 4 is 17.7 Å². The highest BCUT2D eigenvalue weighted by Gasteiger charge is 2.44. The number of hydrogen-bond donors (Lipinski definition) is 1. The molecule has 0 aliphatic heterocycles. The number of ether oxygens (including phenoxy) is 2. The number of H-pyrrole nitrogens is 1. The van der Waals surface area contributed by atoms with Gasteiger partial charge in [0.1, 0.15) is 0 Å². The minimum atomic E-state index is -0.700. The van der Waals surface area contributed by atoms with Gasteiger partial charge in [-0.3, -0.25) is 9.59 Å². The maximum Gasteiger partial charge on any atom is 0.340 e. The van der Waals surface area contributed by atoms with E-state index in [1.54, 1.807) is 20.8 Å². The molecule has 0 spiro atoms. The molecule has 29 heavy (non-hydrogen) atoms. The smallest absolute Gasteiger partial charge is 0.340 e. The molecule has 1 saturated carbocycles. The number of ketones is 1. The Morgan fingerprint density at radius 2 is 1.59 bits per heavy atom. The molecule has 1 aliphatic carbocycles. The maximum atomic E-state index is 13.0. The minimum Gasteiger partial charge on any atom is -0.462 e. The van der Waals surface area contributed by atoms with Gasteiger partial charge < -0.3 is 14.5 Å². The lowest BCUT2D eigenvalue weighted by Crippen LogP contribution is -2.36. The van der Waals surface area contributed by atoms with Crippen molar-refractivity contribution in [1.29, 1.82) is 0 Å². The minimum absolute atomic E-state index is 0.212. The maximum absolute atomic E-state index is 13.0. The predicted molar refractivity (Wildman–Crippen MR) is 108 cm³/mol. The van der Waals surface area contributed by atoms with Crippen molar-refractivity contribution < 1.29 is 23.9 Å². The van der Waals surface area contributed by atoms with Gasteiger partial charge in [0.05, 0.1) is 23.1 Å². The van der Waals surface area contributed by atoms with E-state index >= 15 is 0 Å². The number of aromatic nitrogens is 1. The summed E-state index contributed by atoms with van der Waals surface area (Å²) < 4.78 is 10.6. The number of esters is 2. The summed E-state index contributed by atoms with van der Waals surface area (Å²) in [7, 11) is 0. The van der Waals surface area contributed by atoms with Crippen LogP contribution in [-0.2, 0) is 19.7 Å². The van der Waals surface area contributed by atoms with Gasteiger partial charge in [0.15, 0.2) is 6.61 Å². The molecule has 2 aromatic rings. The number of nitrogens with one attached hydrogen (secondary N) is 1. The van der Waals surface area contributed by atoms with Gasteiger partial charge in [-0.25, -0.2) is 4.79 Å². The summed E-state index contributed by atoms with van der Waals surface area (Å²) in [6, 6.07) is 9.60. The molecule has 6 nitrogen and oxygen atoms in total. The molecule has 0 radical (unpaired) electrons. The molecule has 0 saturated heterocycles. The topological polar surface area (TPSA) is 85.5 Å². The summed E-state index contributed by atoms with van der Waals surface area (Å²) in [6.07, 6.45) is 3.31. The number of hydrogen-bond acceptors (Lipinski definition) is 5. The Kier molecular flexibility index (Phi) is 6.20. The average molecular weight is 397 g/mol.